The van der Waals surface area contributed by atoms with Crippen LogP contribution < -0.4 is 4.74 Å². The Morgan fingerprint density at radius 3 is 2.59 bits per heavy atom. The normalized spacial score (nSPS) is 20.7. The highest BCUT2D eigenvalue weighted by atomic mass is 16.6. The van der Waals surface area contributed by atoms with Gasteiger partial charge in [0.25, 0.3) is 5.91 Å². The molecule has 1 saturated heterocycles. The van der Waals surface area contributed by atoms with Crippen molar-refractivity contribution in [3.05, 3.63) is 33.9 Å². The molecule has 22 heavy (non-hydrogen) atoms. The summed E-state index contributed by atoms with van der Waals surface area (Å²) < 4.78 is 4.89. The molecule has 0 aromatic heterocycles. The number of aliphatic carboxylic acids is 1. The zero-order valence-corrected chi connectivity index (χ0v) is 12.2. The number of likely N-dealkylation sites (tertiary alicyclic amines) is 1. The lowest BCUT2D eigenvalue weighted by molar-refractivity contribution is -0.385. The Morgan fingerprint density at radius 1 is 1.41 bits per heavy atom. The van der Waals surface area contributed by atoms with E-state index in [2.05, 4.69) is 0 Å². The van der Waals surface area contributed by atoms with Gasteiger partial charge in [0.15, 0.2) is 5.75 Å². The minimum Gasteiger partial charge on any atom is -0.490 e. The molecule has 8 heteroatoms. The van der Waals surface area contributed by atoms with Crippen LogP contribution in [-0.2, 0) is 4.79 Å². The summed E-state index contributed by atoms with van der Waals surface area (Å²) in [6.07, 6.45) is 0. The summed E-state index contributed by atoms with van der Waals surface area (Å²) in [4.78, 5) is 35.3. The SMILES string of the molecule is COc1ccc(C(=O)N2C[C@@H](C)[C@H](C(=O)O)C2)cc1[N+](=O)[O-]. The van der Waals surface area contributed by atoms with Gasteiger partial charge in [0.1, 0.15) is 0 Å². The molecular weight excluding hydrogens is 292 g/mol. The minimum atomic E-state index is -0.941. The Labute approximate surface area is 126 Å². The molecular formula is C14H16N2O6. The number of ether oxygens (including phenoxy) is 1. The third-order valence-electron chi connectivity index (χ3n) is 3.84. The van der Waals surface area contributed by atoms with Crippen molar-refractivity contribution >= 4 is 17.6 Å². The van der Waals surface area contributed by atoms with E-state index in [-0.39, 0.29) is 29.5 Å². The van der Waals surface area contributed by atoms with E-state index < -0.39 is 22.7 Å². The third-order valence-corrected chi connectivity index (χ3v) is 3.84. The monoisotopic (exact) mass is 308 g/mol. The van der Waals surface area contributed by atoms with Gasteiger partial charge in [0.2, 0.25) is 0 Å². The van der Waals surface area contributed by atoms with Crippen molar-refractivity contribution < 1.29 is 24.4 Å². The molecule has 0 unspecified atom stereocenters. The predicted octanol–water partition coefficient (Wildman–Crippen LogP) is 1.40. The quantitative estimate of drug-likeness (QED) is 0.665. The summed E-state index contributed by atoms with van der Waals surface area (Å²) in [6.45, 7) is 2.19. The van der Waals surface area contributed by atoms with Crippen LogP contribution in [0.4, 0.5) is 5.69 Å². The highest BCUT2D eigenvalue weighted by molar-refractivity contribution is 5.95. The van der Waals surface area contributed by atoms with Gasteiger partial charge in [-0.1, -0.05) is 6.92 Å². The summed E-state index contributed by atoms with van der Waals surface area (Å²) in [6, 6.07) is 3.95. The number of hydrogen-bond donors (Lipinski definition) is 1. The number of nitrogens with zero attached hydrogens (tertiary/aromatic N) is 2. The van der Waals surface area contributed by atoms with Crippen LogP contribution in [-0.4, -0.2) is 47.0 Å². The molecule has 1 heterocycles. The smallest absolute Gasteiger partial charge is 0.311 e. The number of carboxylic acids is 1. The third kappa shape index (κ3) is 2.85. The number of benzene rings is 1. The summed E-state index contributed by atoms with van der Waals surface area (Å²) in [5.41, 5.74) is -0.152. The van der Waals surface area contributed by atoms with Crippen molar-refractivity contribution in [3.63, 3.8) is 0 Å². The van der Waals surface area contributed by atoms with Crippen LogP contribution in [0, 0.1) is 22.0 Å². The Morgan fingerprint density at radius 2 is 2.09 bits per heavy atom. The van der Waals surface area contributed by atoms with Crippen LogP contribution >= 0.6 is 0 Å². The molecule has 0 bridgehead atoms. The molecule has 0 radical (unpaired) electrons. The largest absolute Gasteiger partial charge is 0.490 e. The fraction of sp³-hybridized carbons (Fsp3) is 0.429. The van der Waals surface area contributed by atoms with Crippen molar-refractivity contribution in [1.82, 2.24) is 4.90 Å². The fourth-order valence-corrected chi connectivity index (χ4v) is 2.60. The summed E-state index contributed by atoms with van der Waals surface area (Å²) in [5, 5.41) is 20.1. The molecule has 1 amide bonds. The average Bonchev–Trinajstić information content (AvgIpc) is 2.87. The summed E-state index contributed by atoms with van der Waals surface area (Å²) in [5.74, 6) is -2.06. The summed E-state index contributed by atoms with van der Waals surface area (Å²) in [7, 11) is 1.31. The number of carbonyl (C=O) groups excluding carboxylic acids is 1. The second-order valence-electron chi connectivity index (χ2n) is 5.28. The van der Waals surface area contributed by atoms with Crippen molar-refractivity contribution in [2.75, 3.05) is 20.2 Å². The van der Waals surface area contributed by atoms with Crippen molar-refractivity contribution in [2.24, 2.45) is 11.8 Å². The lowest BCUT2D eigenvalue weighted by atomic mass is 9.99. The van der Waals surface area contributed by atoms with Crippen LogP contribution in [0.1, 0.15) is 17.3 Å². The van der Waals surface area contributed by atoms with Crippen LogP contribution in [0.25, 0.3) is 0 Å². The molecule has 1 N–H and O–H groups in total. The van der Waals surface area contributed by atoms with E-state index >= 15 is 0 Å². The van der Waals surface area contributed by atoms with Crippen LogP contribution in [0.3, 0.4) is 0 Å². The molecule has 2 rings (SSSR count). The first kappa shape index (κ1) is 15.7. The molecule has 1 aromatic carbocycles. The van der Waals surface area contributed by atoms with Gasteiger partial charge in [0.05, 0.1) is 18.0 Å². The Bertz CT molecular complexity index is 630. The number of carboxylic acid groups (broad SMARTS) is 1. The van der Waals surface area contributed by atoms with E-state index in [1.807, 2.05) is 0 Å². The first-order valence-electron chi connectivity index (χ1n) is 6.69. The number of nitro benzene ring substituents is 1. The maximum Gasteiger partial charge on any atom is 0.311 e. The van der Waals surface area contributed by atoms with Gasteiger partial charge in [-0.25, -0.2) is 0 Å². The zero-order valence-electron chi connectivity index (χ0n) is 12.2. The molecule has 2 atom stereocenters. The first-order valence-corrected chi connectivity index (χ1v) is 6.69. The van der Waals surface area contributed by atoms with E-state index in [1.54, 1.807) is 6.92 Å². The van der Waals surface area contributed by atoms with Crippen LogP contribution in [0.15, 0.2) is 18.2 Å². The van der Waals surface area contributed by atoms with Crippen LogP contribution in [0.2, 0.25) is 0 Å². The lowest BCUT2D eigenvalue weighted by Gasteiger charge is -2.16. The molecule has 1 fully saturated rings. The molecule has 0 saturated carbocycles. The Balaban J connectivity index is 2.25. The van der Waals surface area contributed by atoms with Crippen molar-refractivity contribution in [1.29, 1.82) is 0 Å². The van der Waals surface area contributed by atoms with Crippen LogP contribution in [0.5, 0.6) is 5.75 Å². The first-order chi connectivity index (χ1) is 10.3. The average molecular weight is 308 g/mol. The van der Waals surface area contributed by atoms with Gasteiger partial charge in [-0.05, 0) is 18.1 Å². The lowest BCUT2D eigenvalue weighted by Crippen LogP contribution is -2.30. The topological polar surface area (TPSA) is 110 Å². The standard InChI is InChI=1S/C14H16N2O6/c1-8-6-15(7-10(8)14(18)19)13(17)9-3-4-12(22-2)11(5-9)16(20)21/h3-5,8,10H,6-7H2,1-2H3,(H,18,19)/t8-,10-/m1/s1. The highest BCUT2D eigenvalue weighted by Crippen LogP contribution is 2.30. The number of amides is 1. The molecule has 118 valence electrons. The zero-order chi connectivity index (χ0) is 16.4. The van der Waals surface area contributed by atoms with E-state index in [1.165, 1.54) is 24.1 Å². The van der Waals surface area contributed by atoms with Gasteiger partial charge < -0.3 is 14.7 Å². The van der Waals surface area contributed by atoms with Gasteiger partial charge in [0, 0.05) is 24.7 Å². The van der Waals surface area contributed by atoms with E-state index in [0.29, 0.717) is 6.54 Å². The van der Waals surface area contributed by atoms with Crippen molar-refractivity contribution in [3.8, 4) is 5.75 Å². The van der Waals surface area contributed by atoms with Gasteiger partial charge in [-0.15, -0.1) is 0 Å². The minimum absolute atomic E-state index is 0.0692. The van der Waals surface area contributed by atoms with Gasteiger partial charge >= 0.3 is 11.7 Å². The van der Waals surface area contributed by atoms with E-state index in [0.717, 1.165) is 6.07 Å². The maximum absolute atomic E-state index is 12.4. The van der Waals surface area contributed by atoms with Gasteiger partial charge in [-0.3, -0.25) is 19.7 Å². The Kier molecular flexibility index (Phi) is 4.30. The molecule has 1 aliphatic rings. The number of hydrogen-bond acceptors (Lipinski definition) is 5. The molecule has 1 aromatic rings. The molecule has 0 aliphatic carbocycles. The van der Waals surface area contributed by atoms with Crippen molar-refractivity contribution in [2.45, 2.75) is 6.92 Å². The fourth-order valence-electron chi connectivity index (χ4n) is 2.60. The molecule has 1 aliphatic heterocycles. The maximum atomic E-state index is 12.4. The number of rotatable bonds is 4. The number of carbonyl (C=O) groups is 2. The van der Waals surface area contributed by atoms with Gasteiger partial charge in [-0.2, -0.15) is 0 Å². The van der Waals surface area contributed by atoms with E-state index in [4.69, 9.17) is 9.84 Å². The predicted molar refractivity (Wildman–Crippen MR) is 75.8 cm³/mol. The van der Waals surface area contributed by atoms with E-state index in [9.17, 15) is 19.7 Å². The second-order valence-corrected chi connectivity index (χ2v) is 5.28. The number of methoxy groups -OCH3 is 1. The molecule has 0 spiro atoms. The molecule has 8 nitrogen and oxygen atoms in total. The Hall–Kier alpha value is -2.64. The highest BCUT2D eigenvalue weighted by Gasteiger charge is 2.37. The summed E-state index contributed by atoms with van der Waals surface area (Å²) >= 11 is 0. The second kappa shape index (κ2) is 6.00. The number of nitro groups is 1.